The maximum atomic E-state index is 14.7. The Labute approximate surface area is 190 Å². The molecule has 4 rings (SSSR count). The van der Waals surface area contributed by atoms with Gasteiger partial charge in [0.15, 0.2) is 0 Å². The van der Waals surface area contributed by atoms with Crippen LogP contribution in [0.2, 0.25) is 0 Å². The number of anilines is 1. The van der Waals surface area contributed by atoms with E-state index in [4.69, 9.17) is 0 Å². The van der Waals surface area contributed by atoms with Gasteiger partial charge in [-0.2, -0.15) is 0 Å². The molecule has 0 aliphatic carbocycles. The molecule has 0 bridgehead atoms. The van der Waals surface area contributed by atoms with Crippen LogP contribution in [0.1, 0.15) is 61.8 Å². The molecule has 176 valence electrons. The molecule has 2 aromatic heterocycles. The highest BCUT2D eigenvalue weighted by Gasteiger charge is 2.25. The molecule has 0 saturated carbocycles. The highest BCUT2D eigenvalue weighted by molar-refractivity contribution is 5.87. The molecule has 3 heterocycles. The first-order valence-corrected chi connectivity index (χ1v) is 11.2. The van der Waals surface area contributed by atoms with Gasteiger partial charge < -0.3 is 10.2 Å². The topological polar surface area (TPSA) is 63.0 Å². The largest absolute Gasteiger partial charge is 0.363 e. The normalized spacial score (nSPS) is 16.5. The summed E-state index contributed by atoms with van der Waals surface area (Å²) in [7, 11) is 1.68. The lowest BCUT2D eigenvalue weighted by molar-refractivity contribution is 0.146. The highest BCUT2D eigenvalue weighted by atomic mass is 19.3. The predicted octanol–water partition coefficient (Wildman–Crippen LogP) is 4.78. The Morgan fingerprint density at radius 3 is 2.55 bits per heavy atom. The lowest BCUT2D eigenvalue weighted by Crippen LogP contribution is -2.35. The molecule has 0 unspecified atom stereocenters. The van der Waals surface area contributed by atoms with Crippen LogP contribution in [0.25, 0.3) is 11.0 Å². The van der Waals surface area contributed by atoms with Gasteiger partial charge in [0.25, 0.3) is 12.0 Å². The number of nitrogens with one attached hydrogen (secondary N) is 1. The minimum absolute atomic E-state index is 0.0779. The SMILES string of the molecule is CCN1CCC(c2cc3c(N[C@H](C)c4cccc(C(F)F)c4F)ncnc3n(C)c2=O)CC1. The lowest BCUT2D eigenvalue weighted by Gasteiger charge is -2.31. The molecule has 1 aliphatic rings. The van der Waals surface area contributed by atoms with Gasteiger partial charge in [-0.1, -0.05) is 25.1 Å². The molecule has 1 atom stereocenters. The van der Waals surface area contributed by atoms with E-state index in [0.717, 1.165) is 44.1 Å². The van der Waals surface area contributed by atoms with Crippen LogP contribution < -0.4 is 10.9 Å². The van der Waals surface area contributed by atoms with Crippen molar-refractivity contribution < 1.29 is 13.2 Å². The molecule has 1 fully saturated rings. The summed E-state index contributed by atoms with van der Waals surface area (Å²) in [6.45, 7) is 6.69. The van der Waals surface area contributed by atoms with Crippen LogP contribution in [0.3, 0.4) is 0 Å². The monoisotopic (exact) mass is 459 g/mol. The third-order valence-electron chi connectivity index (χ3n) is 6.62. The molecule has 0 spiro atoms. The molecule has 1 N–H and O–H groups in total. The molecule has 0 amide bonds. The molecule has 9 heteroatoms. The zero-order valence-corrected chi connectivity index (χ0v) is 19.0. The van der Waals surface area contributed by atoms with Crippen LogP contribution in [-0.2, 0) is 7.05 Å². The summed E-state index contributed by atoms with van der Waals surface area (Å²) < 4.78 is 42.5. The first-order valence-electron chi connectivity index (χ1n) is 11.2. The van der Waals surface area contributed by atoms with Crippen molar-refractivity contribution in [2.24, 2.45) is 7.05 Å². The van der Waals surface area contributed by atoms with Gasteiger partial charge in [0, 0.05) is 18.2 Å². The Bertz CT molecular complexity index is 1200. The van der Waals surface area contributed by atoms with E-state index in [1.807, 2.05) is 6.07 Å². The van der Waals surface area contributed by atoms with Gasteiger partial charge in [0.05, 0.1) is 17.0 Å². The first kappa shape index (κ1) is 23.2. The number of rotatable bonds is 6. The molecular weight excluding hydrogens is 431 g/mol. The third-order valence-corrected chi connectivity index (χ3v) is 6.62. The number of benzene rings is 1. The molecular formula is C24H28F3N5O. The smallest absolute Gasteiger partial charge is 0.266 e. The fourth-order valence-corrected chi connectivity index (χ4v) is 4.62. The van der Waals surface area contributed by atoms with Crippen molar-refractivity contribution in [1.82, 2.24) is 19.4 Å². The minimum atomic E-state index is -2.90. The van der Waals surface area contributed by atoms with Crippen LogP contribution in [0.4, 0.5) is 19.0 Å². The summed E-state index contributed by atoms with van der Waals surface area (Å²) in [5.41, 5.74) is 0.595. The van der Waals surface area contributed by atoms with Gasteiger partial charge in [0.2, 0.25) is 0 Å². The Hall–Kier alpha value is -2.94. The quantitative estimate of drug-likeness (QED) is 0.575. The van der Waals surface area contributed by atoms with Crippen LogP contribution in [0, 0.1) is 5.82 Å². The number of alkyl halides is 2. The number of aromatic nitrogens is 3. The number of pyridine rings is 1. The number of aryl methyl sites for hydroxylation is 1. The fourth-order valence-electron chi connectivity index (χ4n) is 4.62. The summed E-state index contributed by atoms with van der Waals surface area (Å²) in [6.07, 6.45) is 0.232. The molecule has 1 aliphatic heterocycles. The average Bonchev–Trinajstić information content (AvgIpc) is 2.81. The van der Waals surface area contributed by atoms with Gasteiger partial charge in [-0.3, -0.25) is 9.36 Å². The Kier molecular flexibility index (Phi) is 6.69. The van der Waals surface area contributed by atoms with Crippen LogP contribution in [0.5, 0.6) is 0 Å². The zero-order chi connectivity index (χ0) is 23.7. The van der Waals surface area contributed by atoms with Crippen LogP contribution in [-0.4, -0.2) is 39.1 Å². The number of hydrogen-bond acceptors (Lipinski definition) is 5. The number of hydrogen-bond donors (Lipinski definition) is 1. The van der Waals surface area contributed by atoms with E-state index in [1.54, 1.807) is 14.0 Å². The number of likely N-dealkylation sites (tertiary alicyclic amines) is 1. The van der Waals surface area contributed by atoms with Gasteiger partial charge in [-0.25, -0.2) is 23.1 Å². The van der Waals surface area contributed by atoms with Crippen LogP contribution >= 0.6 is 0 Å². The molecule has 3 aromatic rings. The van der Waals surface area contributed by atoms with E-state index in [9.17, 15) is 18.0 Å². The summed E-state index contributed by atoms with van der Waals surface area (Å²) >= 11 is 0. The minimum Gasteiger partial charge on any atom is -0.363 e. The summed E-state index contributed by atoms with van der Waals surface area (Å²) in [6, 6.07) is 5.19. The van der Waals surface area contributed by atoms with Crippen molar-refractivity contribution in [3.63, 3.8) is 0 Å². The van der Waals surface area contributed by atoms with E-state index >= 15 is 0 Å². The van der Waals surface area contributed by atoms with Gasteiger partial charge in [-0.05, 0) is 51.4 Å². The molecule has 1 saturated heterocycles. The summed E-state index contributed by atoms with van der Waals surface area (Å²) in [4.78, 5) is 24.0. The average molecular weight is 460 g/mol. The summed E-state index contributed by atoms with van der Waals surface area (Å²) in [5, 5.41) is 3.78. The fraction of sp³-hybridized carbons (Fsp3) is 0.458. The number of halogens is 3. The van der Waals surface area contributed by atoms with E-state index in [1.165, 1.54) is 23.0 Å². The van der Waals surface area contributed by atoms with Crippen molar-refractivity contribution >= 4 is 16.9 Å². The third kappa shape index (κ3) is 4.46. The van der Waals surface area contributed by atoms with E-state index in [-0.39, 0.29) is 17.0 Å². The Morgan fingerprint density at radius 2 is 1.88 bits per heavy atom. The van der Waals surface area contributed by atoms with Crippen molar-refractivity contribution in [3.05, 3.63) is 63.5 Å². The zero-order valence-electron chi connectivity index (χ0n) is 19.0. The number of fused-ring (bicyclic) bond motifs is 1. The van der Waals surface area contributed by atoms with Crippen molar-refractivity contribution in [1.29, 1.82) is 0 Å². The highest BCUT2D eigenvalue weighted by Crippen LogP contribution is 2.32. The van der Waals surface area contributed by atoms with Gasteiger partial charge in [-0.15, -0.1) is 0 Å². The van der Waals surface area contributed by atoms with Crippen molar-refractivity contribution in [2.45, 2.75) is 45.1 Å². The van der Waals surface area contributed by atoms with E-state index in [2.05, 4.69) is 27.1 Å². The second kappa shape index (κ2) is 9.51. The van der Waals surface area contributed by atoms with Crippen molar-refractivity contribution in [2.75, 3.05) is 25.0 Å². The number of piperidine rings is 1. The Morgan fingerprint density at radius 1 is 1.18 bits per heavy atom. The number of nitrogens with zero attached hydrogens (tertiary/aromatic N) is 4. The molecule has 0 radical (unpaired) electrons. The molecule has 6 nitrogen and oxygen atoms in total. The second-order valence-electron chi connectivity index (χ2n) is 8.55. The second-order valence-corrected chi connectivity index (χ2v) is 8.55. The van der Waals surface area contributed by atoms with Crippen molar-refractivity contribution in [3.8, 4) is 0 Å². The van der Waals surface area contributed by atoms with Gasteiger partial charge in [0.1, 0.15) is 23.6 Å². The molecule has 1 aromatic carbocycles. The molecule has 33 heavy (non-hydrogen) atoms. The first-order chi connectivity index (χ1) is 15.8. The maximum Gasteiger partial charge on any atom is 0.266 e. The summed E-state index contributed by atoms with van der Waals surface area (Å²) in [5.74, 6) is -0.361. The predicted molar refractivity (Wildman–Crippen MR) is 122 cm³/mol. The van der Waals surface area contributed by atoms with E-state index < -0.39 is 23.8 Å². The van der Waals surface area contributed by atoms with Crippen LogP contribution in [0.15, 0.2) is 35.4 Å². The maximum absolute atomic E-state index is 14.7. The van der Waals surface area contributed by atoms with E-state index in [0.29, 0.717) is 16.9 Å². The van der Waals surface area contributed by atoms with Gasteiger partial charge >= 0.3 is 0 Å². The Balaban J connectivity index is 1.71. The lowest BCUT2D eigenvalue weighted by atomic mass is 9.89. The standard InChI is InChI=1S/C24H28F3N5O/c1-4-32-10-8-15(9-11-32)18-12-19-22(28-13-29-23(19)31(3)24(18)33)30-14(2)16-6-5-7-17(20(16)25)21(26)27/h5-7,12-15,21H,4,8-11H2,1-3H3,(H,28,29,30)/t14-/m1/s1.